The van der Waals surface area contributed by atoms with Crippen LogP contribution in [0.1, 0.15) is 38.7 Å². The predicted octanol–water partition coefficient (Wildman–Crippen LogP) is 3.94. The Hall–Kier alpha value is -4.16. The molecule has 0 N–H and O–H groups in total. The summed E-state index contributed by atoms with van der Waals surface area (Å²) in [5.41, 5.74) is 3.72. The van der Waals surface area contributed by atoms with Crippen molar-refractivity contribution < 1.29 is 31.9 Å². The fourth-order valence-electron chi connectivity index (χ4n) is 4.08. The molecule has 0 aliphatic heterocycles. The van der Waals surface area contributed by atoms with E-state index in [0.29, 0.717) is 39.3 Å². The summed E-state index contributed by atoms with van der Waals surface area (Å²) in [6, 6.07) is 22.0. The average molecular weight is 564 g/mol. The number of esters is 1. The number of hydrogen-bond donors (Lipinski definition) is 0. The molecule has 0 bridgehead atoms. The molecular weight excluding hydrogens is 536 g/mol. The van der Waals surface area contributed by atoms with Crippen molar-refractivity contribution in [2.75, 3.05) is 21.0 Å². The molecule has 40 heavy (non-hydrogen) atoms. The number of rotatable bonds is 11. The van der Waals surface area contributed by atoms with Crippen LogP contribution in [0.4, 0.5) is 0 Å². The van der Waals surface area contributed by atoms with Crippen LogP contribution in [0, 0.1) is 6.92 Å². The van der Waals surface area contributed by atoms with Crippen LogP contribution in [0.5, 0.6) is 5.75 Å². The van der Waals surface area contributed by atoms with Crippen molar-refractivity contribution in [3.8, 4) is 17.0 Å². The van der Waals surface area contributed by atoms with E-state index in [1.165, 1.54) is 25.0 Å². The van der Waals surface area contributed by atoms with Crippen molar-refractivity contribution in [3.63, 3.8) is 0 Å². The number of carbonyl (C=O) groups is 1. The number of aryl methyl sites for hydroxylation is 1. The normalized spacial score (nSPS) is 12.5. The summed E-state index contributed by atoms with van der Waals surface area (Å²) in [6.07, 6.45) is -0.930. The van der Waals surface area contributed by atoms with Crippen LogP contribution in [-0.4, -0.2) is 45.5 Å². The summed E-state index contributed by atoms with van der Waals surface area (Å²) in [6.45, 7) is 1.97. The lowest BCUT2D eigenvalue weighted by Crippen LogP contribution is -2.23. The molecule has 2 unspecified atom stereocenters. The third kappa shape index (κ3) is 7.07. The molecule has 1 aromatic heterocycles. The van der Waals surface area contributed by atoms with Crippen LogP contribution >= 0.6 is 0 Å². The lowest BCUT2D eigenvalue weighted by Gasteiger charge is -2.21. The molecule has 0 radical (unpaired) electrons. The molecule has 208 valence electrons. The molecule has 0 fully saturated rings. The van der Waals surface area contributed by atoms with Gasteiger partial charge >= 0.3 is 5.97 Å². The van der Waals surface area contributed by atoms with Gasteiger partial charge in [0.2, 0.25) is 0 Å². The summed E-state index contributed by atoms with van der Waals surface area (Å²) in [4.78, 5) is 24.7. The quantitative estimate of drug-likeness (QED) is 0.151. The average Bonchev–Trinajstić information content (AvgIpc) is 2.96. The molecule has 0 saturated carbocycles. The van der Waals surface area contributed by atoms with Crippen LogP contribution < -0.4 is 10.3 Å². The van der Waals surface area contributed by atoms with E-state index in [-0.39, 0.29) is 18.9 Å². The van der Waals surface area contributed by atoms with Gasteiger partial charge in [0.1, 0.15) is 11.9 Å². The number of nitrogens with zero attached hydrogens (tertiary/aromatic N) is 2. The Balaban J connectivity index is 1.77. The summed E-state index contributed by atoms with van der Waals surface area (Å²) in [7, 11) is 2.78. The monoisotopic (exact) mass is 563 g/mol. The highest BCUT2D eigenvalue weighted by atomic mass is 32.2. The molecule has 0 saturated heterocycles. The molecule has 11 heteroatoms. The van der Waals surface area contributed by atoms with E-state index in [9.17, 15) is 18.4 Å². The maximum absolute atomic E-state index is 12.7. The largest absolute Gasteiger partial charge is 0.750 e. The smallest absolute Gasteiger partial charge is 0.337 e. The first-order valence-electron chi connectivity index (χ1n) is 12.1. The lowest BCUT2D eigenvalue weighted by atomic mass is 9.97. The minimum Gasteiger partial charge on any atom is -0.750 e. The Morgan fingerprint density at radius 3 is 2.45 bits per heavy atom. The van der Waals surface area contributed by atoms with E-state index in [1.54, 1.807) is 60.7 Å². The zero-order valence-corrected chi connectivity index (χ0v) is 22.9. The van der Waals surface area contributed by atoms with Gasteiger partial charge in [-0.1, -0.05) is 48.0 Å². The first kappa shape index (κ1) is 28.8. The van der Waals surface area contributed by atoms with Crippen LogP contribution in [0.3, 0.4) is 0 Å². The second-order valence-corrected chi connectivity index (χ2v) is 9.40. The second kappa shape index (κ2) is 13.3. The minimum atomic E-state index is -2.79. The molecule has 0 aliphatic carbocycles. The van der Waals surface area contributed by atoms with Crippen molar-refractivity contribution in [2.24, 2.45) is 0 Å². The van der Waals surface area contributed by atoms with Gasteiger partial charge in [-0.25, -0.2) is 13.7 Å². The number of benzene rings is 3. The maximum Gasteiger partial charge on any atom is 0.337 e. The third-order valence-corrected chi connectivity index (χ3v) is 6.37. The van der Waals surface area contributed by atoms with Crippen LogP contribution in [0.2, 0.25) is 0 Å². The van der Waals surface area contributed by atoms with Crippen molar-refractivity contribution in [1.29, 1.82) is 0 Å². The van der Waals surface area contributed by atoms with Crippen LogP contribution in [0.25, 0.3) is 11.3 Å². The zero-order valence-electron chi connectivity index (χ0n) is 22.1. The Morgan fingerprint density at radius 2 is 1.75 bits per heavy atom. The van der Waals surface area contributed by atoms with Gasteiger partial charge in [0.15, 0.2) is 6.79 Å². The first-order chi connectivity index (χ1) is 19.3. The molecule has 4 rings (SSSR count). The first-order valence-corrected chi connectivity index (χ1v) is 13.1. The Kier molecular flexibility index (Phi) is 9.56. The van der Waals surface area contributed by atoms with Crippen LogP contribution in [0.15, 0.2) is 83.7 Å². The van der Waals surface area contributed by atoms with Gasteiger partial charge < -0.3 is 18.8 Å². The molecule has 0 amide bonds. The Labute approximate surface area is 233 Å². The van der Waals surface area contributed by atoms with Gasteiger partial charge in [0, 0.05) is 18.7 Å². The van der Waals surface area contributed by atoms with Gasteiger partial charge in [-0.15, -0.1) is 0 Å². The van der Waals surface area contributed by atoms with E-state index in [2.05, 4.69) is 5.10 Å². The number of ether oxygens (including phenoxy) is 3. The van der Waals surface area contributed by atoms with Crippen LogP contribution in [-0.2, 0) is 31.6 Å². The summed E-state index contributed by atoms with van der Waals surface area (Å²) < 4.78 is 45.3. The topological polar surface area (TPSA) is 129 Å². The van der Waals surface area contributed by atoms with E-state index >= 15 is 0 Å². The SMILES string of the molecule is COCOc1ccc(C(OS(=O)[O-])c2ccc(C)cc2)cc1-c1ccc(=O)n(Cc2cccc(C(=O)OC)c2)n1. The molecule has 0 spiro atoms. The van der Waals surface area contributed by atoms with E-state index in [0.717, 1.165) is 5.56 Å². The molecule has 3 aromatic carbocycles. The summed E-state index contributed by atoms with van der Waals surface area (Å²) in [5.74, 6) is -0.0843. The maximum atomic E-state index is 12.7. The fourth-order valence-corrected chi connectivity index (χ4v) is 4.46. The predicted molar refractivity (Wildman–Crippen MR) is 146 cm³/mol. The Morgan fingerprint density at radius 1 is 1.00 bits per heavy atom. The Bertz CT molecular complexity index is 1570. The molecule has 4 aromatic rings. The minimum absolute atomic E-state index is 0.0469. The second-order valence-electron chi connectivity index (χ2n) is 8.80. The number of hydrogen-bond acceptors (Lipinski definition) is 9. The van der Waals surface area contributed by atoms with E-state index in [4.69, 9.17) is 18.4 Å². The zero-order chi connectivity index (χ0) is 28.6. The number of carbonyl (C=O) groups excluding carboxylic acids is 1. The van der Waals surface area contributed by atoms with Crippen molar-refractivity contribution in [1.82, 2.24) is 9.78 Å². The highest BCUT2D eigenvalue weighted by Crippen LogP contribution is 2.35. The molecule has 2 atom stereocenters. The van der Waals surface area contributed by atoms with E-state index in [1.807, 2.05) is 19.1 Å². The molecule has 0 aliphatic rings. The molecular formula is C29H27N2O8S-. The van der Waals surface area contributed by atoms with Crippen molar-refractivity contribution in [3.05, 3.63) is 117 Å². The van der Waals surface area contributed by atoms with Crippen molar-refractivity contribution in [2.45, 2.75) is 19.6 Å². The highest BCUT2D eigenvalue weighted by molar-refractivity contribution is 7.74. The highest BCUT2D eigenvalue weighted by Gasteiger charge is 2.20. The van der Waals surface area contributed by atoms with Gasteiger partial charge in [-0.2, -0.15) is 5.10 Å². The number of methoxy groups -OCH3 is 2. The van der Waals surface area contributed by atoms with Gasteiger partial charge in [-0.05, 0) is 53.9 Å². The lowest BCUT2D eigenvalue weighted by molar-refractivity contribution is 0.0514. The van der Waals surface area contributed by atoms with E-state index < -0.39 is 23.4 Å². The van der Waals surface area contributed by atoms with Gasteiger partial charge in [0.05, 0.1) is 36.3 Å². The fraction of sp³-hybridized carbons (Fsp3) is 0.207. The molecule has 10 nitrogen and oxygen atoms in total. The van der Waals surface area contributed by atoms with Gasteiger partial charge in [-0.3, -0.25) is 8.98 Å². The van der Waals surface area contributed by atoms with Crippen molar-refractivity contribution >= 4 is 17.3 Å². The standard InChI is InChI=1S/C29H28N2O8S/c1-19-7-9-21(10-8-19)28(39-40(34)35)22-11-13-26(38-18-36-2)24(16-22)25-12-14-27(32)31(30-25)17-20-5-4-6-23(15-20)29(33)37-3/h4-16,28H,17-18H2,1-3H3,(H,34,35)/p-1. The summed E-state index contributed by atoms with van der Waals surface area (Å²) in [5, 5.41) is 4.55. The van der Waals surface area contributed by atoms with Gasteiger partial charge in [0.25, 0.3) is 5.56 Å². The summed E-state index contributed by atoms with van der Waals surface area (Å²) >= 11 is -2.79. The molecule has 1 heterocycles. The third-order valence-electron chi connectivity index (χ3n) is 6.02. The number of aromatic nitrogens is 2.